The molecule has 0 fully saturated rings. The fraction of sp³-hybridized carbons (Fsp3) is 0.600. The van der Waals surface area contributed by atoms with E-state index in [2.05, 4.69) is 0 Å². The van der Waals surface area contributed by atoms with Crippen LogP contribution < -0.4 is 0 Å². The Morgan fingerprint density at radius 1 is 1.57 bits per heavy atom. The molecule has 1 heterocycles. The molecule has 0 aromatic heterocycles. The third-order valence-corrected chi connectivity index (χ3v) is 2.36. The number of carboxylic acids is 1. The zero-order valence-corrected chi connectivity index (χ0v) is 8.65. The minimum Gasteiger partial charge on any atom is -0.479 e. The first-order valence-electron chi connectivity index (χ1n) is 4.65. The monoisotopic (exact) mass is 197 g/mol. The number of nitrogens with zero attached hydrogens (tertiary/aromatic N) is 1. The minimum absolute atomic E-state index is 0.106. The van der Waals surface area contributed by atoms with E-state index in [1.54, 1.807) is 26.8 Å². The van der Waals surface area contributed by atoms with E-state index in [-0.39, 0.29) is 11.8 Å². The van der Waals surface area contributed by atoms with Crippen LogP contribution in [0.2, 0.25) is 0 Å². The number of aliphatic carboxylic acids is 1. The number of hydrogen-bond donors (Lipinski definition) is 1. The van der Waals surface area contributed by atoms with Crippen molar-refractivity contribution in [2.75, 3.05) is 6.54 Å². The summed E-state index contributed by atoms with van der Waals surface area (Å²) in [6.45, 7) is 5.70. The summed E-state index contributed by atoms with van der Waals surface area (Å²) in [6.07, 6.45) is 1.79. The van der Waals surface area contributed by atoms with Crippen molar-refractivity contribution in [3.05, 3.63) is 11.6 Å². The number of amides is 1. The predicted octanol–water partition coefficient (Wildman–Crippen LogP) is 0.884. The molecule has 0 aliphatic carbocycles. The molecule has 1 aliphatic rings. The van der Waals surface area contributed by atoms with E-state index in [0.717, 1.165) is 5.57 Å². The number of carbonyl (C=O) groups excluding carboxylic acids is 1. The van der Waals surface area contributed by atoms with Gasteiger partial charge in [-0.3, -0.25) is 4.79 Å². The lowest BCUT2D eigenvalue weighted by molar-refractivity contribution is -0.148. The van der Waals surface area contributed by atoms with Crippen molar-refractivity contribution >= 4 is 11.9 Å². The summed E-state index contributed by atoms with van der Waals surface area (Å²) in [5, 5.41) is 8.95. The molecule has 0 saturated carbocycles. The lowest BCUT2D eigenvalue weighted by Gasteiger charge is -2.24. The Bertz CT molecular complexity index is 294. The van der Waals surface area contributed by atoms with Gasteiger partial charge in [-0.2, -0.15) is 0 Å². The normalized spacial score (nSPS) is 21.3. The molecule has 1 atom stereocenters. The van der Waals surface area contributed by atoms with E-state index in [4.69, 9.17) is 5.11 Å². The van der Waals surface area contributed by atoms with Gasteiger partial charge in [0.05, 0.1) is 0 Å². The van der Waals surface area contributed by atoms with Gasteiger partial charge in [0.1, 0.15) is 0 Å². The van der Waals surface area contributed by atoms with Crippen molar-refractivity contribution in [2.45, 2.75) is 26.8 Å². The first-order chi connectivity index (χ1) is 6.45. The Hall–Kier alpha value is -1.32. The van der Waals surface area contributed by atoms with Crippen LogP contribution in [0.15, 0.2) is 11.6 Å². The van der Waals surface area contributed by atoms with Crippen molar-refractivity contribution in [3.63, 3.8) is 0 Å². The van der Waals surface area contributed by atoms with Gasteiger partial charge in [-0.15, -0.1) is 0 Å². The molecule has 0 aromatic carbocycles. The SMILES string of the molecule is CC1=CCN(C(=O)C(C)C)C1C(=O)O. The molecule has 0 radical (unpaired) electrons. The summed E-state index contributed by atoms with van der Waals surface area (Å²) in [7, 11) is 0. The molecule has 1 aliphatic heterocycles. The highest BCUT2D eigenvalue weighted by molar-refractivity contribution is 5.88. The highest BCUT2D eigenvalue weighted by atomic mass is 16.4. The Balaban J connectivity index is 2.83. The van der Waals surface area contributed by atoms with Crippen LogP contribution in [0.4, 0.5) is 0 Å². The van der Waals surface area contributed by atoms with Crippen LogP contribution >= 0.6 is 0 Å². The molecule has 1 unspecified atom stereocenters. The summed E-state index contributed by atoms with van der Waals surface area (Å²) in [4.78, 5) is 24.0. The lowest BCUT2D eigenvalue weighted by Crippen LogP contribution is -2.44. The standard InChI is InChI=1S/C10H15NO3/c1-6(2)9(12)11-5-4-7(3)8(11)10(13)14/h4,6,8H,5H2,1-3H3,(H,13,14). The van der Waals surface area contributed by atoms with Crippen LogP contribution in [0.1, 0.15) is 20.8 Å². The second-order valence-corrected chi connectivity index (χ2v) is 3.83. The van der Waals surface area contributed by atoms with E-state index in [0.29, 0.717) is 6.54 Å². The molecule has 14 heavy (non-hydrogen) atoms. The first kappa shape index (κ1) is 10.8. The van der Waals surface area contributed by atoms with E-state index in [9.17, 15) is 9.59 Å². The molecule has 0 saturated heterocycles. The quantitative estimate of drug-likeness (QED) is 0.669. The fourth-order valence-corrected chi connectivity index (χ4v) is 1.58. The summed E-state index contributed by atoms with van der Waals surface area (Å²) in [5.41, 5.74) is 0.742. The second kappa shape index (κ2) is 3.82. The van der Waals surface area contributed by atoms with Crippen LogP contribution in [-0.2, 0) is 9.59 Å². The van der Waals surface area contributed by atoms with Crippen LogP contribution in [0, 0.1) is 5.92 Å². The lowest BCUT2D eigenvalue weighted by atomic mass is 10.1. The zero-order chi connectivity index (χ0) is 10.9. The van der Waals surface area contributed by atoms with Crippen molar-refractivity contribution in [1.82, 2.24) is 4.90 Å². The third kappa shape index (κ3) is 1.78. The topological polar surface area (TPSA) is 57.6 Å². The van der Waals surface area contributed by atoms with Crippen LogP contribution in [-0.4, -0.2) is 34.5 Å². The van der Waals surface area contributed by atoms with Crippen molar-refractivity contribution in [3.8, 4) is 0 Å². The van der Waals surface area contributed by atoms with Gasteiger partial charge in [0, 0.05) is 12.5 Å². The summed E-state index contributed by atoms with van der Waals surface area (Å²) in [6, 6.07) is -0.759. The largest absolute Gasteiger partial charge is 0.479 e. The Morgan fingerprint density at radius 3 is 2.57 bits per heavy atom. The Morgan fingerprint density at radius 2 is 2.14 bits per heavy atom. The molecule has 0 bridgehead atoms. The molecule has 1 N–H and O–H groups in total. The molecular weight excluding hydrogens is 182 g/mol. The molecule has 1 rings (SSSR count). The molecule has 0 spiro atoms. The first-order valence-corrected chi connectivity index (χ1v) is 4.65. The predicted molar refractivity (Wildman–Crippen MR) is 51.7 cm³/mol. The van der Waals surface area contributed by atoms with Gasteiger partial charge in [-0.05, 0) is 12.5 Å². The molecule has 1 amide bonds. The molecular formula is C10H15NO3. The molecule has 4 heteroatoms. The van der Waals surface area contributed by atoms with Crippen molar-refractivity contribution in [1.29, 1.82) is 0 Å². The summed E-state index contributed by atoms with van der Waals surface area (Å²) < 4.78 is 0. The average molecular weight is 197 g/mol. The van der Waals surface area contributed by atoms with Crippen molar-refractivity contribution in [2.24, 2.45) is 5.92 Å². The maximum Gasteiger partial charge on any atom is 0.330 e. The van der Waals surface area contributed by atoms with Gasteiger partial charge in [0.15, 0.2) is 6.04 Å². The van der Waals surface area contributed by atoms with Crippen molar-refractivity contribution < 1.29 is 14.7 Å². The number of rotatable bonds is 2. The maximum absolute atomic E-state index is 11.6. The van der Waals surface area contributed by atoms with Crippen LogP contribution in [0.25, 0.3) is 0 Å². The molecule has 0 aromatic rings. The van der Waals surface area contributed by atoms with E-state index < -0.39 is 12.0 Å². The summed E-state index contributed by atoms with van der Waals surface area (Å²) >= 11 is 0. The summed E-state index contributed by atoms with van der Waals surface area (Å²) in [5.74, 6) is -1.22. The van der Waals surface area contributed by atoms with E-state index >= 15 is 0 Å². The number of carboxylic acid groups (broad SMARTS) is 1. The molecule has 4 nitrogen and oxygen atoms in total. The Kier molecular flexibility index (Phi) is 2.93. The van der Waals surface area contributed by atoms with E-state index in [1.807, 2.05) is 0 Å². The van der Waals surface area contributed by atoms with Crippen LogP contribution in [0.3, 0.4) is 0 Å². The van der Waals surface area contributed by atoms with Gasteiger partial charge in [-0.25, -0.2) is 4.79 Å². The number of carbonyl (C=O) groups is 2. The fourth-order valence-electron chi connectivity index (χ4n) is 1.58. The highest BCUT2D eigenvalue weighted by Crippen LogP contribution is 2.20. The maximum atomic E-state index is 11.6. The van der Waals surface area contributed by atoms with Crippen LogP contribution in [0.5, 0.6) is 0 Å². The van der Waals surface area contributed by atoms with Gasteiger partial charge in [-0.1, -0.05) is 19.9 Å². The average Bonchev–Trinajstić information content (AvgIpc) is 2.45. The van der Waals surface area contributed by atoms with Gasteiger partial charge >= 0.3 is 5.97 Å². The molecule has 78 valence electrons. The zero-order valence-electron chi connectivity index (χ0n) is 8.65. The van der Waals surface area contributed by atoms with E-state index in [1.165, 1.54) is 4.90 Å². The highest BCUT2D eigenvalue weighted by Gasteiger charge is 2.34. The van der Waals surface area contributed by atoms with Gasteiger partial charge in [0.25, 0.3) is 0 Å². The Labute approximate surface area is 83.2 Å². The third-order valence-electron chi connectivity index (χ3n) is 2.36. The van der Waals surface area contributed by atoms with Gasteiger partial charge < -0.3 is 10.0 Å². The van der Waals surface area contributed by atoms with Gasteiger partial charge in [0.2, 0.25) is 5.91 Å². The number of hydrogen-bond acceptors (Lipinski definition) is 2. The second-order valence-electron chi connectivity index (χ2n) is 3.83. The minimum atomic E-state index is -0.953. The smallest absolute Gasteiger partial charge is 0.330 e.